The van der Waals surface area contributed by atoms with Crippen LogP contribution in [-0.4, -0.2) is 29.3 Å². The zero-order chi connectivity index (χ0) is 13.5. The van der Waals surface area contributed by atoms with Crippen LogP contribution < -0.4 is 5.32 Å². The largest absolute Gasteiger partial charge is 0.480 e. The summed E-state index contributed by atoms with van der Waals surface area (Å²) in [5.74, 6) is -0.856. The Morgan fingerprint density at radius 3 is 2.89 bits per heavy atom. The third-order valence-electron chi connectivity index (χ3n) is 2.12. The van der Waals surface area contributed by atoms with Crippen molar-refractivity contribution < 1.29 is 19.1 Å². The average Bonchev–Trinajstić information content (AvgIpc) is 2.30. The van der Waals surface area contributed by atoms with E-state index < -0.39 is 17.8 Å². The van der Waals surface area contributed by atoms with Gasteiger partial charge in [0, 0.05) is 16.5 Å². The molecule has 98 valence electrons. The molecule has 0 heterocycles. The van der Waals surface area contributed by atoms with Gasteiger partial charge in [0.1, 0.15) is 11.9 Å². The molecule has 0 aliphatic heterocycles. The molecule has 4 nitrogen and oxygen atoms in total. The number of thioether (sulfide) groups is 1. The summed E-state index contributed by atoms with van der Waals surface area (Å²) in [5, 5.41) is 11.3. The van der Waals surface area contributed by atoms with Gasteiger partial charge in [-0.1, -0.05) is 17.7 Å². The highest BCUT2D eigenvalue weighted by Gasteiger charge is 2.16. The lowest BCUT2D eigenvalue weighted by molar-refractivity contribution is -0.139. The second kappa shape index (κ2) is 7.23. The number of hydrogen-bond donors (Lipinski definition) is 2. The first-order valence-corrected chi connectivity index (χ1v) is 6.52. The van der Waals surface area contributed by atoms with Crippen molar-refractivity contribution in [1.82, 2.24) is 5.32 Å². The van der Waals surface area contributed by atoms with Crippen molar-refractivity contribution in [3.63, 3.8) is 0 Å². The molecule has 0 saturated heterocycles. The van der Waals surface area contributed by atoms with Gasteiger partial charge in [-0.05, 0) is 17.7 Å². The predicted octanol–water partition coefficient (Wildman–Crippen LogP) is 1.91. The Labute approximate surface area is 113 Å². The normalized spacial score (nSPS) is 11.9. The van der Waals surface area contributed by atoms with E-state index in [4.69, 9.17) is 16.7 Å². The van der Waals surface area contributed by atoms with Crippen molar-refractivity contribution in [3.05, 3.63) is 34.6 Å². The molecule has 1 amide bonds. The molecule has 0 radical (unpaired) electrons. The molecular formula is C11H11ClFNO3S. The van der Waals surface area contributed by atoms with Gasteiger partial charge >= 0.3 is 5.97 Å². The van der Waals surface area contributed by atoms with Crippen LogP contribution in [-0.2, 0) is 15.3 Å². The molecule has 1 aromatic rings. The Bertz CT molecular complexity index is 444. The van der Waals surface area contributed by atoms with Crippen LogP contribution in [0.1, 0.15) is 5.56 Å². The maximum atomic E-state index is 12.8. The van der Waals surface area contributed by atoms with E-state index in [0.717, 1.165) is 5.56 Å². The lowest BCUT2D eigenvalue weighted by Crippen LogP contribution is -2.37. The van der Waals surface area contributed by atoms with Crippen molar-refractivity contribution in [1.29, 1.82) is 0 Å². The number of nitrogens with one attached hydrogen (secondary N) is 1. The van der Waals surface area contributed by atoms with Gasteiger partial charge < -0.3 is 10.4 Å². The minimum atomic E-state index is -1.10. The first-order valence-electron chi connectivity index (χ1n) is 4.98. The molecule has 1 unspecified atom stereocenters. The van der Waals surface area contributed by atoms with Crippen molar-refractivity contribution in [2.75, 3.05) is 5.75 Å². The molecule has 0 aliphatic rings. The number of carboxylic acid groups (broad SMARTS) is 1. The zero-order valence-corrected chi connectivity index (χ0v) is 10.8. The number of aliphatic carboxylic acids is 1. The second-order valence-electron chi connectivity index (χ2n) is 3.43. The van der Waals surface area contributed by atoms with E-state index in [2.05, 4.69) is 5.32 Å². The number of carbonyl (C=O) groups is 2. The van der Waals surface area contributed by atoms with Gasteiger partial charge in [-0.2, -0.15) is 11.8 Å². The maximum absolute atomic E-state index is 12.8. The standard InChI is InChI=1S/C11H11ClFNO3S/c12-9-3-8(13)2-1-7(9)4-18-5-10(11(16)17)14-6-15/h1-3,6,10H,4-5H2,(H,14,15)(H,16,17). The Morgan fingerprint density at radius 2 is 2.33 bits per heavy atom. The third-order valence-corrected chi connectivity index (χ3v) is 3.56. The Morgan fingerprint density at radius 1 is 1.61 bits per heavy atom. The topological polar surface area (TPSA) is 66.4 Å². The van der Waals surface area contributed by atoms with Crippen LogP contribution >= 0.6 is 23.4 Å². The number of amides is 1. The Balaban J connectivity index is 2.49. The fourth-order valence-electron chi connectivity index (χ4n) is 1.20. The summed E-state index contributed by atoms with van der Waals surface area (Å²) >= 11 is 7.12. The summed E-state index contributed by atoms with van der Waals surface area (Å²) in [6.07, 6.45) is 0.351. The van der Waals surface area contributed by atoms with Gasteiger partial charge in [-0.3, -0.25) is 4.79 Å². The van der Waals surface area contributed by atoms with Gasteiger partial charge in [0.15, 0.2) is 0 Å². The van der Waals surface area contributed by atoms with E-state index >= 15 is 0 Å². The van der Waals surface area contributed by atoms with Gasteiger partial charge in [0.25, 0.3) is 0 Å². The molecule has 0 bridgehead atoms. The predicted molar refractivity (Wildman–Crippen MR) is 68.2 cm³/mol. The second-order valence-corrected chi connectivity index (χ2v) is 4.86. The molecule has 1 aromatic carbocycles. The van der Waals surface area contributed by atoms with Gasteiger partial charge in [0.05, 0.1) is 0 Å². The molecule has 1 rings (SSSR count). The summed E-state index contributed by atoms with van der Waals surface area (Å²) in [6, 6.07) is 3.11. The quantitative estimate of drug-likeness (QED) is 0.753. The minimum Gasteiger partial charge on any atom is -0.480 e. The van der Waals surface area contributed by atoms with E-state index in [9.17, 15) is 14.0 Å². The molecule has 0 fully saturated rings. The number of halogens is 2. The monoisotopic (exact) mass is 291 g/mol. The molecule has 18 heavy (non-hydrogen) atoms. The van der Waals surface area contributed by atoms with Crippen LogP contribution in [0.3, 0.4) is 0 Å². The van der Waals surface area contributed by atoms with Crippen LogP contribution in [0.4, 0.5) is 4.39 Å². The number of benzene rings is 1. The molecule has 0 spiro atoms. The molecular weight excluding hydrogens is 281 g/mol. The summed E-state index contributed by atoms with van der Waals surface area (Å²) in [4.78, 5) is 20.9. The van der Waals surface area contributed by atoms with Crippen LogP contribution in [0.2, 0.25) is 5.02 Å². The molecule has 2 N–H and O–H groups in total. The minimum absolute atomic E-state index is 0.210. The van der Waals surface area contributed by atoms with Crippen LogP contribution in [0.25, 0.3) is 0 Å². The zero-order valence-electron chi connectivity index (χ0n) is 9.23. The fraction of sp³-hybridized carbons (Fsp3) is 0.273. The number of carboxylic acids is 1. The maximum Gasteiger partial charge on any atom is 0.327 e. The van der Waals surface area contributed by atoms with E-state index in [1.807, 2.05) is 0 Å². The number of hydrogen-bond acceptors (Lipinski definition) is 3. The highest BCUT2D eigenvalue weighted by atomic mass is 35.5. The summed E-state index contributed by atoms with van der Waals surface area (Å²) in [5.41, 5.74) is 0.721. The first kappa shape index (κ1) is 14.8. The first-order chi connectivity index (χ1) is 8.54. The molecule has 7 heteroatoms. The number of carbonyl (C=O) groups excluding carboxylic acids is 1. The van der Waals surface area contributed by atoms with Gasteiger partial charge in [-0.15, -0.1) is 0 Å². The van der Waals surface area contributed by atoms with E-state index in [1.165, 1.54) is 23.9 Å². The van der Waals surface area contributed by atoms with Gasteiger partial charge in [-0.25, -0.2) is 9.18 Å². The molecule has 0 saturated carbocycles. The van der Waals surface area contributed by atoms with Gasteiger partial charge in [0.2, 0.25) is 6.41 Å². The Hall–Kier alpha value is -1.27. The van der Waals surface area contributed by atoms with E-state index in [0.29, 0.717) is 17.2 Å². The van der Waals surface area contributed by atoms with E-state index in [-0.39, 0.29) is 5.75 Å². The smallest absolute Gasteiger partial charge is 0.327 e. The number of rotatable bonds is 7. The molecule has 1 atom stereocenters. The van der Waals surface area contributed by atoms with Crippen LogP contribution in [0.5, 0.6) is 0 Å². The summed E-state index contributed by atoms with van der Waals surface area (Å²) in [6.45, 7) is 0. The SMILES string of the molecule is O=CNC(CSCc1ccc(F)cc1Cl)C(=O)O. The van der Waals surface area contributed by atoms with Crippen molar-refractivity contribution >= 4 is 35.7 Å². The fourth-order valence-corrected chi connectivity index (χ4v) is 2.58. The van der Waals surface area contributed by atoms with Crippen molar-refractivity contribution in [3.8, 4) is 0 Å². The average molecular weight is 292 g/mol. The lowest BCUT2D eigenvalue weighted by atomic mass is 10.2. The third kappa shape index (κ3) is 4.54. The molecule has 0 aliphatic carbocycles. The highest BCUT2D eigenvalue weighted by molar-refractivity contribution is 7.98. The highest BCUT2D eigenvalue weighted by Crippen LogP contribution is 2.22. The molecule has 0 aromatic heterocycles. The van der Waals surface area contributed by atoms with E-state index in [1.54, 1.807) is 6.07 Å². The Kier molecular flexibility index (Phi) is 5.94. The lowest BCUT2D eigenvalue weighted by Gasteiger charge is -2.10. The summed E-state index contributed by atoms with van der Waals surface area (Å²) < 4.78 is 12.8. The van der Waals surface area contributed by atoms with Crippen LogP contribution in [0.15, 0.2) is 18.2 Å². The summed E-state index contributed by atoms with van der Waals surface area (Å²) in [7, 11) is 0. The van der Waals surface area contributed by atoms with Crippen LogP contribution in [0, 0.1) is 5.82 Å². The van der Waals surface area contributed by atoms with Crippen molar-refractivity contribution in [2.45, 2.75) is 11.8 Å². The van der Waals surface area contributed by atoms with Crippen molar-refractivity contribution in [2.24, 2.45) is 0 Å².